The number of nitrogens with two attached hydrogens (primary N) is 1. The number of carbonyl (C=O) groups is 1. The normalized spacial score (nSPS) is 27.3. The molecule has 0 radical (unpaired) electrons. The Hall–Kier alpha value is -3.59. The third-order valence-corrected chi connectivity index (χ3v) is 8.36. The molecule has 176 valence electrons. The van der Waals surface area contributed by atoms with Crippen molar-refractivity contribution >= 4 is 49.5 Å². The van der Waals surface area contributed by atoms with Crippen LogP contribution in [0.25, 0.3) is 43.6 Å². The number of aromatic hydroxyl groups is 1. The zero-order valence-corrected chi connectivity index (χ0v) is 19.3. The molecule has 3 aromatic carbocycles. The van der Waals surface area contributed by atoms with Gasteiger partial charge in [0.15, 0.2) is 5.72 Å². The Morgan fingerprint density at radius 1 is 1.11 bits per heavy atom. The minimum atomic E-state index is -0.993. The second-order valence-electron chi connectivity index (χ2n) is 10.1. The van der Waals surface area contributed by atoms with Crippen LogP contribution in [0.4, 0.5) is 0 Å². The van der Waals surface area contributed by atoms with Gasteiger partial charge in [-0.05, 0) is 24.6 Å². The number of rotatable bonds is 1. The fourth-order valence-corrected chi connectivity index (χ4v) is 7.18. The van der Waals surface area contributed by atoms with Crippen molar-refractivity contribution in [1.29, 1.82) is 0 Å². The average Bonchev–Trinajstić information content (AvgIpc) is 3.47. The first-order valence-electron chi connectivity index (χ1n) is 11.9. The first-order chi connectivity index (χ1) is 17.0. The number of carbonyl (C=O) groups excluding carboxylic acids is 1. The number of phenolic OH excluding ortho intramolecular Hbond substituents is 1. The molecule has 8 rings (SSSR count). The second kappa shape index (κ2) is 6.15. The second-order valence-corrected chi connectivity index (χ2v) is 10.1. The van der Waals surface area contributed by atoms with Gasteiger partial charge >= 0.3 is 0 Å². The SMILES string of the molecule is CO[C@@H]1[C@H](N)C[C@H]2O[C@]1(C)n1c3c(O)cccc3c3c4c(c5c6ccccc6n2c5c31)C(=O)NC4. The maximum absolute atomic E-state index is 13.3. The van der Waals surface area contributed by atoms with Gasteiger partial charge in [-0.15, -0.1) is 0 Å². The Kier molecular flexibility index (Phi) is 3.46. The maximum atomic E-state index is 13.3. The summed E-state index contributed by atoms with van der Waals surface area (Å²) in [6.45, 7) is 2.43. The van der Waals surface area contributed by atoms with Crippen molar-refractivity contribution in [2.75, 3.05) is 7.11 Å². The Labute approximate surface area is 199 Å². The quantitative estimate of drug-likeness (QED) is 0.347. The molecule has 8 nitrogen and oxygen atoms in total. The number of para-hydroxylation sites is 2. The maximum Gasteiger partial charge on any atom is 0.252 e. The number of fused-ring (bicyclic) bond motifs is 13. The van der Waals surface area contributed by atoms with Crippen LogP contribution in [-0.2, 0) is 21.7 Å². The molecule has 35 heavy (non-hydrogen) atoms. The summed E-state index contributed by atoms with van der Waals surface area (Å²) in [6, 6.07) is 13.4. The summed E-state index contributed by atoms with van der Waals surface area (Å²) in [7, 11) is 1.66. The van der Waals surface area contributed by atoms with Gasteiger partial charge in [0.1, 0.15) is 18.1 Å². The van der Waals surface area contributed by atoms with E-state index in [9.17, 15) is 9.90 Å². The smallest absolute Gasteiger partial charge is 0.252 e. The molecule has 5 heterocycles. The molecule has 3 aliphatic rings. The number of nitrogens with zero attached hydrogens (tertiary/aromatic N) is 2. The first-order valence-corrected chi connectivity index (χ1v) is 11.9. The zero-order chi connectivity index (χ0) is 23.8. The van der Waals surface area contributed by atoms with Gasteiger partial charge in [-0.2, -0.15) is 0 Å². The van der Waals surface area contributed by atoms with Crippen LogP contribution >= 0.6 is 0 Å². The van der Waals surface area contributed by atoms with Crippen molar-refractivity contribution in [2.24, 2.45) is 5.73 Å². The third-order valence-electron chi connectivity index (χ3n) is 8.36. The first kappa shape index (κ1) is 19.7. The molecule has 0 saturated carbocycles. The predicted octanol–water partition coefficient (Wildman–Crippen LogP) is 3.80. The lowest BCUT2D eigenvalue weighted by Gasteiger charge is -2.47. The lowest BCUT2D eigenvalue weighted by atomic mass is 9.93. The lowest BCUT2D eigenvalue weighted by molar-refractivity contribution is -0.253. The van der Waals surface area contributed by atoms with E-state index in [1.54, 1.807) is 13.2 Å². The molecule has 8 heteroatoms. The lowest BCUT2D eigenvalue weighted by Crippen LogP contribution is -2.59. The van der Waals surface area contributed by atoms with Crippen LogP contribution in [0.3, 0.4) is 0 Å². The minimum Gasteiger partial charge on any atom is -0.506 e. The summed E-state index contributed by atoms with van der Waals surface area (Å²) < 4.78 is 17.2. The number of amides is 1. The number of ether oxygens (including phenoxy) is 2. The molecular formula is C27H24N4O4. The molecule has 2 aromatic heterocycles. The Balaban J connectivity index is 1.76. The fraction of sp³-hybridized carbons (Fsp3) is 0.296. The van der Waals surface area contributed by atoms with Crippen molar-refractivity contribution < 1.29 is 19.4 Å². The van der Waals surface area contributed by atoms with E-state index in [0.29, 0.717) is 24.0 Å². The Morgan fingerprint density at radius 3 is 2.74 bits per heavy atom. The van der Waals surface area contributed by atoms with Crippen LogP contribution in [0, 0.1) is 0 Å². The van der Waals surface area contributed by atoms with Crippen molar-refractivity contribution in [2.45, 2.75) is 44.0 Å². The van der Waals surface area contributed by atoms with Crippen molar-refractivity contribution in [3.63, 3.8) is 0 Å². The van der Waals surface area contributed by atoms with E-state index in [1.165, 1.54) is 0 Å². The number of aromatic nitrogens is 2. The van der Waals surface area contributed by atoms with E-state index < -0.39 is 11.8 Å². The van der Waals surface area contributed by atoms with E-state index in [4.69, 9.17) is 15.2 Å². The van der Waals surface area contributed by atoms with Gasteiger partial charge in [0.2, 0.25) is 0 Å². The van der Waals surface area contributed by atoms with Crippen LogP contribution in [0.1, 0.15) is 35.5 Å². The van der Waals surface area contributed by atoms with Crippen LogP contribution in [0.2, 0.25) is 0 Å². The highest BCUT2D eigenvalue weighted by Crippen LogP contribution is 2.54. The standard InChI is InChI=1S/C27H24N4O4/c1-27-25(34-2)15(28)10-18(35-27)30-16-8-4-3-6-12(16)20-21-14(11-29-26(21)33)19-13-7-5-9-17(32)22(13)31(27)24(19)23(20)30/h3-9,15,18,25,32H,10-11,28H2,1-2H3,(H,29,33)/t15-,18-,25-,27+/m1/s1. The van der Waals surface area contributed by atoms with E-state index in [0.717, 1.165) is 43.7 Å². The highest BCUT2D eigenvalue weighted by atomic mass is 16.6. The molecular weight excluding hydrogens is 444 g/mol. The zero-order valence-electron chi connectivity index (χ0n) is 19.3. The van der Waals surface area contributed by atoms with E-state index >= 15 is 0 Å². The average molecular weight is 469 g/mol. The number of phenols is 1. The van der Waals surface area contributed by atoms with Crippen LogP contribution in [0.15, 0.2) is 42.5 Å². The largest absolute Gasteiger partial charge is 0.506 e. The van der Waals surface area contributed by atoms with E-state index in [-0.39, 0.29) is 23.9 Å². The predicted molar refractivity (Wildman–Crippen MR) is 132 cm³/mol. The summed E-state index contributed by atoms with van der Waals surface area (Å²) >= 11 is 0. The summed E-state index contributed by atoms with van der Waals surface area (Å²) in [5.74, 6) is 0.0782. The topological polar surface area (TPSA) is 104 Å². The van der Waals surface area contributed by atoms with E-state index in [2.05, 4.69) is 26.6 Å². The number of hydrogen-bond donors (Lipinski definition) is 3. The number of methoxy groups -OCH3 is 1. The van der Waals surface area contributed by atoms with Gasteiger partial charge in [0.25, 0.3) is 5.91 Å². The molecule has 0 spiro atoms. The van der Waals surface area contributed by atoms with Crippen LogP contribution in [-0.4, -0.2) is 39.4 Å². The van der Waals surface area contributed by atoms with Gasteiger partial charge in [0, 0.05) is 47.7 Å². The highest BCUT2D eigenvalue weighted by Gasteiger charge is 2.52. The summed E-state index contributed by atoms with van der Waals surface area (Å²) in [5.41, 5.74) is 10.9. The van der Waals surface area contributed by atoms with Crippen molar-refractivity contribution in [3.05, 3.63) is 53.6 Å². The van der Waals surface area contributed by atoms with Gasteiger partial charge in [-0.3, -0.25) is 4.79 Å². The van der Waals surface area contributed by atoms with Gasteiger partial charge in [-0.25, -0.2) is 0 Å². The molecule has 4 atom stereocenters. The molecule has 3 aliphatic heterocycles. The molecule has 4 N–H and O–H groups in total. The van der Waals surface area contributed by atoms with Gasteiger partial charge in [0.05, 0.1) is 27.6 Å². The number of benzene rings is 3. The fourth-order valence-electron chi connectivity index (χ4n) is 7.18. The van der Waals surface area contributed by atoms with Crippen molar-refractivity contribution in [3.8, 4) is 5.75 Å². The molecule has 5 aromatic rings. The number of hydrogen-bond acceptors (Lipinski definition) is 5. The van der Waals surface area contributed by atoms with Gasteiger partial charge in [-0.1, -0.05) is 30.3 Å². The summed E-state index contributed by atoms with van der Waals surface area (Å²) in [4.78, 5) is 13.3. The van der Waals surface area contributed by atoms with E-state index in [1.807, 2.05) is 31.2 Å². The van der Waals surface area contributed by atoms with Crippen LogP contribution < -0.4 is 11.1 Å². The minimum absolute atomic E-state index is 0.0725. The van der Waals surface area contributed by atoms with Gasteiger partial charge < -0.3 is 34.8 Å². The highest BCUT2D eigenvalue weighted by molar-refractivity contribution is 6.31. The monoisotopic (exact) mass is 468 g/mol. The number of nitrogens with one attached hydrogen (secondary N) is 1. The third kappa shape index (κ3) is 2.05. The molecule has 1 fully saturated rings. The molecule has 0 aliphatic carbocycles. The summed E-state index contributed by atoms with van der Waals surface area (Å²) in [5, 5.41) is 18.0. The molecule has 1 saturated heterocycles. The Morgan fingerprint density at radius 2 is 1.91 bits per heavy atom. The van der Waals surface area contributed by atoms with Crippen molar-refractivity contribution in [1.82, 2.24) is 14.5 Å². The Bertz CT molecular complexity index is 1780. The molecule has 0 unspecified atom stereocenters. The van der Waals surface area contributed by atoms with Crippen LogP contribution in [0.5, 0.6) is 5.75 Å². The molecule has 1 amide bonds. The molecule has 2 bridgehead atoms. The summed E-state index contributed by atoms with van der Waals surface area (Å²) in [6.07, 6.45) is -0.257.